The summed E-state index contributed by atoms with van der Waals surface area (Å²) in [6.45, 7) is 2.05. The Morgan fingerprint density at radius 2 is 1.91 bits per heavy atom. The monoisotopic (exact) mass is 433 g/mol. The van der Waals surface area contributed by atoms with Gasteiger partial charge >= 0.3 is 11.7 Å². The summed E-state index contributed by atoms with van der Waals surface area (Å²) in [5, 5.41) is 20.7. The highest BCUT2D eigenvalue weighted by atomic mass is 16.5. The van der Waals surface area contributed by atoms with E-state index in [0.717, 1.165) is 28.7 Å². The van der Waals surface area contributed by atoms with Crippen LogP contribution in [-0.2, 0) is 13.5 Å². The quantitative estimate of drug-likeness (QED) is 0.388. The molecule has 1 atom stereocenters. The number of aromatic carboxylic acids is 1. The predicted octanol–water partition coefficient (Wildman–Crippen LogP) is 3.56. The number of hydrogen-bond donors (Lipinski definition) is 3. The normalized spacial score (nSPS) is 11.9. The number of aromatic nitrogens is 4. The van der Waals surface area contributed by atoms with Crippen molar-refractivity contribution in [2.75, 3.05) is 5.32 Å². The standard InChI is InChI=1S/C23H23N5O4/c1-3-16(24-20-19(22(29)30)13-28(2)26-20)12-14-8-10-15(11-9-14)17-6-4-5-7-18(17)21-25-23(31)32-27-21/h4-11,13,16H,3,12H2,1-2H3,(H,24,26)(H,29,30)(H,25,27,31). The summed E-state index contributed by atoms with van der Waals surface area (Å²) in [4.78, 5) is 25.4. The highest BCUT2D eigenvalue weighted by Crippen LogP contribution is 2.30. The molecule has 164 valence electrons. The van der Waals surface area contributed by atoms with Crippen molar-refractivity contribution >= 4 is 11.8 Å². The minimum Gasteiger partial charge on any atom is -0.477 e. The first-order valence-electron chi connectivity index (χ1n) is 10.2. The van der Waals surface area contributed by atoms with Crippen LogP contribution < -0.4 is 11.1 Å². The number of nitrogens with zero attached hydrogens (tertiary/aromatic N) is 3. The van der Waals surface area contributed by atoms with Gasteiger partial charge in [0.15, 0.2) is 11.6 Å². The van der Waals surface area contributed by atoms with Crippen LogP contribution in [0.1, 0.15) is 29.3 Å². The Hall–Kier alpha value is -4.14. The van der Waals surface area contributed by atoms with Crippen LogP contribution in [0.25, 0.3) is 22.5 Å². The van der Waals surface area contributed by atoms with E-state index in [9.17, 15) is 14.7 Å². The van der Waals surface area contributed by atoms with Crippen LogP contribution in [-0.4, -0.2) is 37.0 Å². The SMILES string of the molecule is CCC(Cc1ccc(-c2ccccc2-c2noc(=O)[nH]2)cc1)Nc1nn(C)cc1C(=O)O. The predicted molar refractivity (Wildman–Crippen MR) is 120 cm³/mol. The molecule has 0 spiro atoms. The van der Waals surface area contributed by atoms with E-state index in [1.165, 1.54) is 10.9 Å². The summed E-state index contributed by atoms with van der Waals surface area (Å²) in [5.41, 5.74) is 3.94. The van der Waals surface area contributed by atoms with Gasteiger partial charge in [-0.3, -0.25) is 14.2 Å². The van der Waals surface area contributed by atoms with Crippen molar-refractivity contribution in [3.63, 3.8) is 0 Å². The largest absolute Gasteiger partial charge is 0.477 e. The van der Waals surface area contributed by atoms with Crippen LogP contribution >= 0.6 is 0 Å². The zero-order valence-electron chi connectivity index (χ0n) is 17.7. The van der Waals surface area contributed by atoms with Gasteiger partial charge in [-0.05, 0) is 29.5 Å². The molecule has 9 nitrogen and oxygen atoms in total. The van der Waals surface area contributed by atoms with E-state index in [-0.39, 0.29) is 11.6 Å². The van der Waals surface area contributed by atoms with Gasteiger partial charge in [-0.2, -0.15) is 5.10 Å². The molecule has 0 aliphatic carbocycles. The number of rotatable bonds is 8. The third kappa shape index (κ3) is 4.46. The van der Waals surface area contributed by atoms with Crippen molar-refractivity contribution in [2.45, 2.75) is 25.8 Å². The molecule has 0 amide bonds. The zero-order chi connectivity index (χ0) is 22.7. The van der Waals surface area contributed by atoms with E-state index >= 15 is 0 Å². The zero-order valence-corrected chi connectivity index (χ0v) is 17.7. The van der Waals surface area contributed by atoms with E-state index in [4.69, 9.17) is 0 Å². The highest BCUT2D eigenvalue weighted by molar-refractivity contribution is 5.93. The Bertz CT molecular complexity index is 1290. The molecule has 9 heteroatoms. The lowest BCUT2D eigenvalue weighted by molar-refractivity contribution is 0.0697. The third-order valence-corrected chi connectivity index (χ3v) is 5.26. The van der Waals surface area contributed by atoms with Gasteiger partial charge in [-0.25, -0.2) is 9.59 Å². The first kappa shape index (κ1) is 21.1. The fraction of sp³-hybridized carbons (Fsp3) is 0.217. The smallest absolute Gasteiger partial charge is 0.439 e. The maximum atomic E-state index is 11.4. The average molecular weight is 433 g/mol. The number of carboxylic acid groups (broad SMARTS) is 1. The van der Waals surface area contributed by atoms with E-state index in [0.29, 0.717) is 18.1 Å². The summed E-state index contributed by atoms with van der Waals surface area (Å²) in [6.07, 6.45) is 3.01. The number of aryl methyl sites for hydroxylation is 1. The number of hydrogen-bond acceptors (Lipinski definition) is 6. The lowest BCUT2D eigenvalue weighted by Gasteiger charge is -2.17. The van der Waals surface area contributed by atoms with Gasteiger partial charge < -0.3 is 10.4 Å². The number of carbonyl (C=O) groups is 1. The van der Waals surface area contributed by atoms with Crippen molar-refractivity contribution in [1.82, 2.24) is 19.9 Å². The van der Waals surface area contributed by atoms with E-state index in [2.05, 4.69) is 25.1 Å². The maximum absolute atomic E-state index is 11.4. The Morgan fingerprint density at radius 3 is 2.53 bits per heavy atom. The number of anilines is 1. The van der Waals surface area contributed by atoms with Gasteiger partial charge in [0.05, 0.1) is 0 Å². The molecule has 0 radical (unpaired) electrons. The topological polar surface area (TPSA) is 126 Å². The van der Waals surface area contributed by atoms with Crippen LogP contribution in [0, 0.1) is 0 Å². The molecule has 0 saturated carbocycles. The Labute approximate surface area is 183 Å². The summed E-state index contributed by atoms with van der Waals surface area (Å²) in [5.74, 6) is -0.845. The number of nitrogens with one attached hydrogen (secondary N) is 2. The Balaban J connectivity index is 1.53. The summed E-state index contributed by atoms with van der Waals surface area (Å²) < 4.78 is 6.14. The fourth-order valence-corrected chi connectivity index (χ4v) is 3.63. The number of carboxylic acids is 1. The summed E-state index contributed by atoms with van der Waals surface area (Å²) in [7, 11) is 1.70. The molecule has 4 rings (SSSR count). The highest BCUT2D eigenvalue weighted by Gasteiger charge is 2.18. The second kappa shape index (κ2) is 8.93. The molecule has 32 heavy (non-hydrogen) atoms. The lowest BCUT2D eigenvalue weighted by Crippen LogP contribution is -2.22. The molecule has 1 unspecified atom stereocenters. The van der Waals surface area contributed by atoms with Crippen molar-refractivity contribution in [2.24, 2.45) is 7.05 Å². The van der Waals surface area contributed by atoms with Crippen LogP contribution in [0.5, 0.6) is 0 Å². The summed E-state index contributed by atoms with van der Waals surface area (Å²) >= 11 is 0. The molecule has 0 fully saturated rings. The molecule has 0 aliphatic rings. The van der Waals surface area contributed by atoms with Crippen LogP contribution in [0.3, 0.4) is 0 Å². The van der Waals surface area contributed by atoms with Gasteiger partial charge in [0.25, 0.3) is 0 Å². The molecule has 2 aromatic heterocycles. The second-order valence-electron chi connectivity index (χ2n) is 7.51. The minimum atomic E-state index is -1.01. The van der Waals surface area contributed by atoms with Crippen LogP contribution in [0.4, 0.5) is 5.82 Å². The first-order valence-corrected chi connectivity index (χ1v) is 10.2. The van der Waals surface area contributed by atoms with E-state index in [1.54, 1.807) is 7.05 Å². The molecule has 0 aliphatic heterocycles. The van der Waals surface area contributed by atoms with Crippen molar-refractivity contribution in [3.05, 3.63) is 76.4 Å². The molecule has 2 heterocycles. The third-order valence-electron chi connectivity index (χ3n) is 5.26. The lowest BCUT2D eigenvalue weighted by atomic mass is 9.96. The van der Waals surface area contributed by atoms with Gasteiger partial charge in [-0.15, -0.1) is 0 Å². The van der Waals surface area contributed by atoms with Crippen molar-refractivity contribution in [3.8, 4) is 22.5 Å². The molecule has 0 saturated heterocycles. The number of benzene rings is 2. The first-order chi connectivity index (χ1) is 15.4. The fourth-order valence-electron chi connectivity index (χ4n) is 3.63. The summed E-state index contributed by atoms with van der Waals surface area (Å²) in [6, 6.07) is 15.8. The Morgan fingerprint density at radius 1 is 1.19 bits per heavy atom. The molecular weight excluding hydrogens is 410 g/mol. The maximum Gasteiger partial charge on any atom is 0.439 e. The molecular formula is C23H23N5O4. The second-order valence-corrected chi connectivity index (χ2v) is 7.51. The van der Waals surface area contributed by atoms with Gasteiger partial charge in [0, 0.05) is 24.8 Å². The number of H-pyrrole nitrogens is 1. The number of aromatic amines is 1. The minimum absolute atomic E-state index is 0.0290. The van der Waals surface area contributed by atoms with E-state index in [1.807, 2.05) is 55.5 Å². The van der Waals surface area contributed by atoms with Gasteiger partial charge in [0.2, 0.25) is 0 Å². The Kier molecular flexibility index (Phi) is 5.89. The molecule has 2 aromatic carbocycles. The van der Waals surface area contributed by atoms with Crippen LogP contribution in [0.15, 0.2) is 64.0 Å². The van der Waals surface area contributed by atoms with Gasteiger partial charge in [-0.1, -0.05) is 60.6 Å². The van der Waals surface area contributed by atoms with Crippen LogP contribution in [0.2, 0.25) is 0 Å². The average Bonchev–Trinajstić information content (AvgIpc) is 3.39. The molecule has 0 bridgehead atoms. The van der Waals surface area contributed by atoms with Gasteiger partial charge in [0.1, 0.15) is 5.56 Å². The van der Waals surface area contributed by atoms with Crippen molar-refractivity contribution in [1.29, 1.82) is 0 Å². The van der Waals surface area contributed by atoms with E-state index < -0.39 is 11.7 Å². The molecule has 4 aromatic rings. The van der Waals surface area contributed by atoms with Crippen molar-refractivity contribution < 1.29 is 14.4 Å². The molecule has 3 N–H and O–H groups in total.